The highest BCUT2D eigenvalue weighted by molar-refractivity contribution is 9.10. The van der Waals surface area contributed by atoms with Gasteiger partial charge in [-0.05, 0) is 65.2 Å². The molecule has 0 fully saturated rings. The first-order valence-electron chi connectivity index (χ1n) is 6.37. The Morgan fingerprint density at radius 3 is 2.50 bits per heavy atom. The summed E-state index contributed by atoms with van der Waals surface area (Å²) in [6.07, 6.45) is 3.92. The number of aliphatic hydroxyl groups is 1. The third-order valence-electron chi connectivity index (χ3n) is 3.79. The molecule has 0 heterocycles. The number of ether oxygens (including phenoxy) is 1. The zero-order valence-electron chi connectivity index (χ0n) is 10.9. The summed E-state index contributed by atoms with van der Waals surface area (Å²) < 4.78 is 6.48. The largest absolute Gasteiger partial charge is 0.495 e. The number of aliphatic hydroxyl groups excluding tert-OH is 1. The lowest BCUT2D eigenvalue weighted by Gasteiger charge is -2.26. The molecule has 0 spiro atoms. The van der Waals surface area contributed by atoms with Gasteiger partial charge in [0.15, 0.2) is 0 Å². The molecule has 0 saturated heterocycles. The van der Waals surface area contributed by atoms with E-state index >= 15 is 0 Å². The number of methoxy groups -OCH3 is 1. The quantitative estimate of drug-likeness (QED) is 0.902. The van der Waals surface area contributed by atoms with Gasteiger partial charge in [0.1, 0.15) is 5.75 Å². The van der Waals surface area contributed by atoms with Gasteiger partial charge in [0.05, 0.1) is 17.7 Å². The van der Waals surface area contributed by atoms with Crippen LogP contribution < -0.4 is 10.5 Å². The Morgan fingerprint density at radius 2 is 1.94 bits per heavy atom. The van der Waals surface area contributed by atoms with E-state index in [1.54, 1.807) is 7.11 Å². The van der Waals surface area contributed by atoms with E-state index in [0.717, 1.165) is 34.2 Å². The van der Waals surface area contributed by atoms with Crippen molar-refractivity contribution in [2.75, 3.05) is 13.7 Å². The van der Waals surface area contributed by atoms with E-state index in [2.05, 4.69) is 22.9 Å². The molecule has 1 aliphatic carbocycles. The van der Waals surface area contributed by atoms with Crippen LogP contribution in [0.25, 0.3) is 0 Å². The highest BCUT2D eigenvalue weighted by Gasteiger charge is 2.25. The molecule has 0 aliphatic heterocycles. The van der Waals surface area contributed by atoms with Crippen LogP contribution >= 0.6 is 15.9 Å². The van der Waals surface area contributed by atoms with E-state index in [9.17, 15) is 5.11 Å². The minimum absolute atomic E-state index is 0.211. The molecular weight excluding hydrogens is 294 g/mol. The molecule has 0 aromatic heterocycles. The molecule has 1 aliphatic rings. The molecule has 3 N–H and O–H groups in total. The molecule has 4 heteroatoms. The highest BCUT2D eigenvalue weighted by Crippen LogP contribution is 2.43. The van der Waals surface area contributed by atoms with Crippen molar-refractivity contribution < 1.29 is 9.84 Å². The van der Waals surface area contributed by atoms with Crippen molar-refractivity contribution in [3.8, 4) is 5.75 Å². The Hall–Kier alpha value is -0.580. The van der Waals surface area contributed by atoms with Gasteiger partial charge in [-0.2, -0.15) is 0 Å². The van der Waals surface area contributed by atoms with E-state index < -0.39 is 6.10 Å². The zero-order valence-corrected chi connectivity index (χ0v) is 12.5. The van der Waals surface area contributed by atoms with Crippen molar-refractivity contribution in [2.24, 2.45) is 5.73 Å². The monoisotopic (exact) mass is 313 g/mol. The first kappa shape index (κ1) is 13.8. The fourth-order valence-electron chi connectivity index (χ4n) is 2.87. The Kier molecular flexibility index (Phi) is 4.30. The molecular formula is C14H20BrNO2. The number of halogens is 1. The third-order valence-corrected chi connectivity index (χ3v) is 4.63. The van der Waals surface area contributed by atoms with Gasteiger partial charge in [0.25, 0.3) is 0 Å². The SMILES string of the molecule is COc1c(Br)c2c(c(C)c1C(O)CN)CCCC2. The standard InChI is InChI=1S/C14H20BrNO2/c1-8-9-5-3-4-6-10(9)13(15)14(18-2)12(8)11(17)7-16/h11,17H,3-7,16H2,1-2H3. The molecule has 1 atom stereocenters. The van der Waals surface area contributed by atoms with Gasteiger partial charge in [-0.1, -0.05) is 0 Å². The Bertz CT molecular complexity index is 460. The summed E-state index contributed by atoms with van der Waals surface area (Å²) in [5.74, 6) is 0.742. The van der Waals surface area contributed by atoms with E-state index in [4.69, 9.17) is 10.5 Å². The fourth-order valence-corrected chi connectivity index (χ4v) is 3.68. The van der Waals surface area contributed by atoms with Crippen molar-refractivity contribution in [1.82, 2.24) is 0 Å². The van der Waals surface area contributed by atoms with Crippen molar-refractivity contribution in [2.45, 2.75) is 38.7 Å². The molecule has 1 aromatic carbocycles. The minimum atomic E-state index is -0.663. The number of rotatable bonds is 3. The maximum absolute atomic E-state index is 10.1. The topological polar surface area (TPSA) is 55.5 Å². The summed E-state index contributed by atoms with van der Waals surface area (Å²) in [5, 5.41) is 10.1. The maximum atomic E-state index is 10.1. The number of hydrogen-bond acceptors (Lipinski definition) is 3. The van der Waals surface area contributed by atoms with Crippen LogP contribution in [0.1, 0.15) is 41.2 Å². The molecule has 2 rings (SSSR count). The van der Waals surface area contributed by atoms with Gasteiger partial charge >= 0.3 is 0 Å². The van der Waals surface area contributed by atoms with Crippen molar-refractivity contribution in [1.29, 1.82) is 0 Å². The van der Waals surface area contributed by atoms with Gasteiger partial charge in [-0.3, -0.25) is 0 Å². The predicted molar refractivity (Wildman–Crippen MR) is 76.1 cm³/mol. The van der Waals surface area contributed by atoms with Crippen LogP contribution in [-0.2, 0) is 12.8 Å². The summed E-state index contributed by atoms with van der Waals surface area (Å²) in [6.45, 7) is 2.27. The van der Waals surface area contributed by atoms with Gasteiger partial charge in [-0.15, -0.1) is 0 Å². The second kappa shape index (κ2) is 5.59. The van der Waals surface area contributed by atoms with Crippen molar-refractivity contribution in [3.05, 3.63) is 26.7 Å². The van der Waals surface area contributed by atoms with Crippen LogP contribution in [0, 0.1) is 6.92 Å². The lowest BCUT2D eigenvalue weighted by molar-refractivity contribution is 0.181. The van der Waals surface area contributed by atoms with Crippen LogP contribution in [0.2, 0.25) is 0 Å². The molecule has 1 unspecified atom stereocenters. The molecule has 18 heavy (non-hydrogen) atoms. The Balaban J connectivity index is 2.68. The van der Waals surface area contributed by atoms with Crippen LogP contribution in [0.5, 0.6) is 5.75 Å². The van der Waals surface area contributed by atoms with E-state index in [-0.39, 0.29) is 6.54 Å². The zero-order chi connectivity index (χ0) is 13.3. The lowest BCUT2D eigenvalue weighted by atomic mass is 9.84. The van der Waals surface area contributed by atoms with Crippen LogP contribution in [0.15, 0.2) is 4.47 Å². The summed E-state index contributed by atoms with van der Waals surface area (Å²) in [5.41, 5.74) is 10.3. The fraction of sp³-hybridized carbons (Fsp3) is 0.571. The van der Waals surface area contributed by atoms with Gasteiger partial charge in [0, 0.05) is 12.1 Å². The Labute approximate surface area is 116 Å². The highest BCUT2D eigenvalue weighted by atomic mass is 79.9. The van der Waals surface area contributed by atoms with Gasteiger partial charge < -0.3 is 15.6 Å². The van der Waals surface area contributed by atoms with Crippen molar-refractivity contribution in [3.63, 3.8) is 0 Å². The first-order valence-corrected chi connectivity index (χ1v) is 7.16. The third kappa shape index (κ3) is 2.17. The lowest BCUT2D eigenvalue weighted by Crippen LogP contribution is -2.17. The summed E-state index contributed by atoms with van der Waals surface area (Å²) in [7, 11) is 1.64. The second-order valence-electron chi connectivity index (χ2n) is 4.80. The molecule has 0 saturated carbocycles. The van der Waals surface area contributed by atoms with E-state index in [1.165, 1.54) is 24.0 Å². The smallest absolute Gasteiger partial charge is 0.139 e. The molecule has 0 radical (unpaired) electrons. The minimum Gasteiger partial charge on any atom is -0.495 e. The summed E-state index contributed by atoms with van der Waals surface area (Å²) >= 11 is 3.63. The normalized spacial score (nSPS) is 16.3. The van der Waals surface area contributed by atoms with Crippen LogP contribution in [-0.4, -0.2) is 18.8 Å². The molecule has 3 nitrogen and oxygen atoms in total. The number of fused-ring (bicyclic) bond motifs is 1. The van der Waals surface area contributed by atoms with Crippen LogP contribution in [0.4, 0.5) is 0 Å². The average Bonchev–Trinajstić information content (AvgIpc) is 2.41. The Morgan fingerprint density at radius 1 is 1.33 bits per heavy atom. The van der Waals surface area contributed by atoms with Crippen LogP contribution in [0.3, 0.4) is 0 Å². The second-order valence-corrected chi connectivity index (χ2v) is 5.59. The number of hydrogen-bond donors (Lipinski definition) is 2. The average molecular weight is 314 g/mol. The van der Waals surface area contributed by atoms with Gasteiger partial charge in [-0.25, -0.2) is 0 Å². The number of nitrogens with two attached hydrogens (primary N) is 1. The molecule has 100 valence electrons. The first-order chi connectivity index (χ1) is 8.61. The van der Waals surface area contributed by atoms with E-state index in [1.807, 2.05) is 0 Å². The summed E-state index contributed by atoms with van der Waals surface area (Å²) in [4.78, 5) is 0. The summed E-state index contributed by atoms with van der Waals surface area (Å²) in [6, 6.07) is 0. The molecule has 0 bridgehead atoms. The van der Waals surface area contributed by atoms with Gasteiger partial charge in [0.2, 0.25) is 0 Å². The van der Waals surface area contributed by atoms with Crippen molar-refractivity contribution >= 4 is 15.9 Å². The maximum Gasteiger partial charge on any atom is 0.139 e. The molecule has 0 amide bonds. The number of benzene rings is 1. The van der Waals surface area contributed by atoms with E-state index in [0.29, 0.717) is 0 Å². The predicted octanol–water partition coefficient (Wildman–Crippen LogP) is 2.64. The molecule has 1 aromatic rings.